The first kappa shape index (κ1) is 20.1. The molecule has 0 unspecified atom stereocenters. The first-order chi connectivity index (χ1) is 13.8. The van der Waals surface area contributed by atoms with Crippen LogP contribution in [0.25, 0.3) is 11.1 Å². The van der Waals surface area contributed by atoms with Gasteiger partial charge in [-0.05, 0) is 54.4 Å². The monoisotopic (exact) mass is 399 g/mol. The summed E-state index contributed by atoms with van der Waals surface area (Å²) in [5.41, 5.74) is 2.16. The van der Waals surface area contributed by atoms with Gasteiger partial charge in [-0.15, -0.1) is 0 Å². The summed E-state index contributed by atoms with van der Waals surface area (Å²) in [7, 11) is 1.61. The van der Waals surface area contributed by atoms with Crippen LogP contribution in [-0.4, -0.2) is 29.8 Å². The number of phenolic OH excluding ortho intramolecular Hbond substituents is 1. The summed E-state index contributed by atoms with van der Waals surface area (Å²) in [6.07, 6.45) is 0. The van der Waals surface area contributed by atoms with Crippen LogP contribution in [0.3, 0.4) is 0 Å². The Bertz CT molecular complexity index is 1070. The van der Waals surface area contributed by atoms with E-state index in [4.69, 9.17) is 9.84 Å². The van der Waals surface area contributed by atoms with Crippen LogP contribution in [0, 0.1) is 18.6 Å². The van der Waals surface area contributed by atoms with Gasteiger partial charge in [-0.3, -0.25) is 0 Å². The van der Waals surface area contributed by atoms with Crippen LogP contribution in [0.15, 0.2) is 54.6 Å². The lowest BCUT2D eigenvalue weighted by molar-refractivity contribution is -0.139. The third-order valence-corrected chi connectivity index (χ3v) is 4.47. The number of carbonyl (C=O) groups is 1. The van der Waals surface area contributed by atoms with E-state index in [0.717, 1.165) is 0 Å². The van der Waals surface area contributed by atoms with Crippen molar-refractivity contribution in [2.75, 3.05) is 18.6 Å². The van der Waals surface area contributed by atoms with Crippen LogP contribution < -0.4 is 9.64 Å². The van der Waals surface area contributed by atoms with Crippen molar-refractivity contribution in [1.82, 2.24) is 0 Å². The minimum Gasteiger partial charge on any atom is -0.508 e. The molecule has 7 heteroatoms. The fourth-order valence-electron chi connectivity index (χ4n) is 3.11. The number of carboxylic acids is 1. The second-order valence-corrected chi connectivity index (χ2v) is 6.51. The van der Waals surface area contributed by atoms with Gasteiger partial charge in [-0.25, -0.2) is 13.6 Å². The number of anilines is 2. The zero-order valence-electron chi connectivity index (χ0n) is 15.8. The Morgan fingerprint density at radius 3 is 2.52 bits per heavy atom. The highest BCUT2D eigenvalue weighted by molar-refractivity contribution is 5.76. The van der Waals surface area contributed by atoms with E-state index >= 15 is 0 Å². The fraction of sp³-hybridized carbons (Fsp3) is 0.136. The van der Waals surface area contributed by atoms with E-state index in [-0.39, 0.29) is 17.2 Å². The minimum absolute atomic E-state index is 0.0649. The molecule has 0 saturated carbocycles. The molecule has 0 aliphatic heterocycles. The number of hydrogen-bond acceptors (Lipinski definition) is 4. The summed E-state index contributed by atoms with van der Waals surface area (Å²) < 4.78 is 33.4. The van der Waals surface area contributed by atoms with Crippen molar-refractivity contribution in [3.8, 4) is 22.6 Å². The van der Waals surface area contributed by atoms with E-state index in [1.54, 1.807) is 32.2 Å². The number of ether oxygens (including phenoxy) is 1. The maximum absolute atomic E-state index is 14.6. The van der Waals surface area contributed by atoms with Gasteiger partial charge in [0.05, 0.1) is 5.69 Å². The molecule has 0 amide bonds. The predicted octanol–water partition coefficient (Wildman–Crippen LogP) is 4.88. The van der Waals surface area contributed by atoms with Gasteiger partial charge in [-0.1, -0.05) is 12.1 Å². The Morgan fingerprint density at radius 1 is 1.07 bits per heavy atom. The number of aromatic hydroxyl groups is 1. The van der Waals surface area contributed by atoms with E-state index in [9.17, 15) is 18.7 Å². The quantitative estimate of drug-likeness (QED) is 0.618. The van der Waals surface area contributed by atoms with Crippen LogP contribution in [0.5, 0.6) is 11.5 Å². The lowest BCUT2D eigenvalue weighted by Crippen LogP contribution is -2.15. The van der Waals surface area contributed by atoms with Crippen molar-refractivity contribution in [3.05, 3.63) is 71.8 Å². The molecule has 0 aliphatic rings. The fourth-order valence-corrected chi connectivity index (χ4v) is 3.11. The summed E-state index contributed by atoms with van der Waals surface area (Å²) in [6.45, 7) is 1.06. The molecule has 0 saturated heterocycles. The molecule has 2 N–H and O–H groups in total. The summed E-state index contributed by atoms with van der Waals surface area (Å²) >= 11 is 0. The van der Waals surface area contributed by atoms with Crippen LogP contribution in [-0.2, 0) is 4.79 Å². The lowest BCUT2D eigenvalue weighted by Gasteiger charge is -2.24. The van der Waals surface area contributed by atoms with Gasteiger partial charge in [0.15, 0.2) is 6.61 Å². The zero-order valence-corrected chi connectivity index (χ0v) is 15.8. The second kappa shape index (κ2) is 8.18. The largest absolute Gasteiger partial charge is 0.508 e. The third-order valence-electron chi connectivity index (χ3n) is 4.47. The average molecular weight is 399 g/mol. The second-order valence-electron chi connectivity index (χ2n) is 6.51. The highest BCUT2D eigenvalue weighted by Gasteiger charge is 2.18. The molecule has 150 valence electrons. The number of hydrogen-bond donors (Lipinski definition) is 2. The summed E-state index contributed by atoms with van der Waals surface area (Å²) in [6, 6.07) is 13.1. The summed E-state index contributed by atoms with van der Waals surface area (Å²) in [5, 5.41) is 19.0. The molecule has 3 aromatic rings. The van der Waals surface area contributed by atoms with Crippen molar-refractivity contribution in [2.24, 2.45) is 0 Å². The van der Waals surface area contributed by atoms with Gasteiger partial charge in [0.2, 0.25) is 0 Å². The topological polar surface area (TPSA) is 70.0 Å². The molecule has 0 bridgehead atoms. The van der Waals surface area contributed by atoms with Gasteiger partial charge >= 0.3 is 5.97 Å². The molecule has 0 aromatic heterocycles. The van der Waals surface area contributed by atoms with Gasteiger partial charge < -0.3 is 19.8 Å². The third kappa shape index (κ3) is 4.45. The molecule has 0 fully saturated rings. The molecule has 5 nitrogen and oxygen atoms in total. The van der Waals surface area contributed by atoms with Crippen molar-refractivity contribution < 1.29 is 28.5 Å². The normalized spacial score (nSPS) is 10.6. The molecular weight excluding hydrogens is 380 g/mol. The van der Waals surface area contributed by atoms with E-state index in [1.807, 2.05) is 0 Å². The number of phenols is 1. The number of aliphatic carboxylic acids is 1. The molecule has 0 spiro atoms. The van der Waals surface area contributed by atoms with Gasteiger partial charge in [0.1, 0.15) is 23.1 Å². The Hall–Kier alpha value is -3.61. The standard InChI is InChI=1S/C22H19F2NO4/c1-13-20(29-12-21(27)28)7-6-19(24)22(13)25(2)17-9-15(10-18(26)11-17)14-4-3-5-16(23)8-14/h3-11,26H,12H2,1-2H3,(H,27,28). The maximum Gasteiger partial charge on any atom is 0.341 e. The van der Waals surface area contributed by atoms with Crippen LogP contribution in [0.1, 0.15) is 5.56 Å². The van der Waals surface area contributed by atoms with E-state index in [1.165, 1.54) is 41.3 Å². The number of rotatable bonds is 6. The molecule has 0 aliphatic carbocycles. The smallest absolute Gasteiger partial charge is 0.341 e. The number of halogens is 2. The van der Waals surface area contributed by atoms with Crippen molar-refractivity contribution in [3.63, 3.8) is 0 Å². The number of carboxylic acid groups (broad SMARTS) is 1. The Kier molecular flexibility index (Phi) is 5.68. The number of nitrogens with zero attached hydrogens (tertiary/aromatic N) is 1. The molecule has 0 heterocycles. The van der Waals surface area contributed by atoms with E-state index in [2.05, 4.69) is 0 Å². The van der Waals surface area contributed by atoms with Gasteiger partial charge in [0, 0.05) is 24.4 Å². The van der Waals surface area contributed by atoms with Crippen LogP contribution in [0.4, 0.5) is 20.2 Å². The highest BCUT2D eigenvalue weighted by Crippen LogP contribution is 2.38. The minimum atomic E-state index is -1.14. The van der Waals surface area contributed by atoms with E-state index < -0.39 is 24.2 Å². The molecule has 3 aromatic carbocycles. The Labute approximate surface area is 166 Å². The van der Waals surface area contributed by atoms with Crippen molar-refractivity contribution in [2.45, 2.75) is 6.92 Å². The molecule has 29 heavy (non-hydrogen) atoms. The van der Waals surface area contributed by atoms with Crippen LogP contribution >= 0.6 is 0 Å². The SMILES string of the molecule is Cc1c(OCC(=O)O)ccc(F)c1N(C)c1cc(O)cc(-c2cccc(F)c2)c1. The van der Waals surface area contributed by atoms with Gasteiger partial charge in [0.25, 0.3) is 0 Å². The average Bonchev–Trinajstić information content (AvgIpc) is 2.66. The maximum atomic E-state index is 14.6. The predicted molar refractivity (Wildman–Crippen MR) is 106 cm³/mol. The zero-order chi connectivity index (χ0) is 21.1. The summed E-state index contributed by atoms with van der Waals surface area (Å²) in [5.74, 6) is -1.92. The van der Waals surface area contributed by atoms with Crippen molar-refractivity contribution >= 4 is 17.3 Å². The first-order valence-corrected chi connectivity index (χ1v) is 8.73. The van der Waals surface area contributed by atoms with Crippen LogP contribution in [0.2, 0.25) is 0 Å². The Morgan fingerprint density at radius 2 is 1.83 bits per heavy atom. The van der Waals surface area contributed by atoms with Crippen molar-refractivity contribution in [1.29, 1.82) is 0 Å². The molecule has 0 atom stereocenters. The highest BCUT2D eigenvalue weighted by atomic mass is 19.1. The molecule has 0 radical (unpaired) electrons. The molecular formula is C22H19F2NO4. The lowest BCUT2D eigenvalue weighted by atomic mass is 10.0. The number of benzene rings is 3. The Balaban J connectivity index is 2.03. The van der Waals surface area contributed by atoms with E-state index in [0.29, 0.717) is 22.4 Å². The van der Waals surface area contributed by atoms with Gasteiger partial charge in [-0.2, -0.15) is 0 Å². The first-order valence-electron chi connectivity index (χ1n) is 8.73. The molecule has 3 rings (SSSR count). The summed E-state index contributed by atoms with van der Waals surface area (Å²) in [4.78, 5) is 12.3.